The molecule has 3 aromatic rings. The second kappa shape index (κ2) is 6.65. The van der Waals surface area contributed by atoms with Crippen LogP contribution in [0.5, 0.6) is 0 Å². The summed E-state index contributed by atoms with van der Waals surface area (Å²) in [5, 5.41) is 2.70. The minimum atomic E-state index is -3.92. The van der Waals surface area contributed by atoms with Crippen LogP contribution in [-0.4, -0.2) is 14.3 Å². The Morgan fingerprint density at radius 2 is 1.82 bits per heavy atom. The number of carbonyl (C=O) groups excluding carboxylic acids is 1. The molecule has 0 saturated carbocycles. The minimum Gasteiger partial charge on any atom is -0.462 e. The van der Waals surface area contributed by atoms with E-state index < -0.39 is 15.8 Å². The Balaban J connectivity index is 1.71. The van der Waals surface area contributed by atoms with E-state index >= 15 is 0 Å². The van der Waals surface area contributed by atoms with E-state index in [0.717, 1.165) is 12.1 Å². The molecule has 2 N–H and O–H groups in total. The number of fused-ring (bicyclic) bond motifs is 1. The third-order valence-electron chi connectivity index (χ3n) is 4.23. The van der Waals surface area contributed by atoms with Crippen LogP contribution in [0.25, 0.3) is 11.6 Å². The molecule has 2 heterocycles. The molecule has 4 rings (SSSR count). The Hall–Kier alpha value is -3.39. The van der Waals surface area contributed by atoms with Gasteiger partial charge in [0.15, 0.2) is 0 Å². The average molecular weight is 398 g/mol. The van der Waals surface area contributed by atoms with Crippen molar-refractivity contribution >= 4 is 39.0 Å². The molecule has 0 atom stereocenters. The summed E-state index contributed by atoms with van der Waals surface area (Å²) < 4.78 is 46.3. The molecule has 0 unspecified atom stereocenters. The summed E-state index contributed by atoms with van der Waals surface area (Å²) in [6.07, 6.45) is 1.57. The Kier molecular flexibility index (Phi) is 4.27. The van der Waals surface area contributed by atoms with Crippen molar-refractivity contribution in [2.75, 3.05) is 10.0 Å². The summed E-state index contributed by atoms with van der Waals surface area (Å²) in [6, 6.07) is 12.8. The van der Waals surface area contributed by atoms with Gasteiger partial charge in [-0.3, -0.25) is 9.52 Å². The van der Waals surface area contributed by atoms with E-state index in [1.807, 2.05) is 0 Å². The maximum absolute atomic E-state index is 13.0. The molecule has 1 amide bonds. The van der Waals surface area contributed by atoms with Crippen LogP contribution in [0, 0.1) is 12.7 Å². The zero-order valence-electron chi connectivity index (χ0n) is 14.7. The Morgan fingerprint density at radius 3 is 2.50 bits per heavy atom. The highest BCUT2D eigenvalue weighted by Crippen LogP contribution is 2.35. The molecule has 2 aromatic carbocycles. The van der Waals surface area contributed by atoms with Gasteiger partial charge in [-0.1, -0.05) is 0 Å². The van der Waals surface area contributed by atoms with Gasteiger partial charge in [0.2, 0.25) is 0 Å². The van der Waals surface area contributed by atoms with Gasteiger partial charge in [-0.25, -0.2) is 12.8 Å². The molecule has 28 heavy (non-hydrogen) atoms. The van der Waals surface area contributed by atoms with Crippen LogP contribution in [0.3, 0.4) is 0 Å². The number of furan rings is 1. The first-order valence-electron chi connectivity index (χ1n) is 8.34. The number of benzene rings is 2. The lowest BCUT2D eigenvalue weighted by molar-refractivity contribution is -0.110. The predicted octanol–water partition coefficient (Wildman–Crippen LogP) is 4.02. The van der Waals surface area contributed by atoms with Crippen molar-refractivity contribution in [3.63, 3.8) is 0 Å². The van der Waals surface area contributed by atoms with Crippen molar-refractivity contribution in [2.45, 2.75) is 11.8 Å². The summed E-state index contributed by atoms with van der Waals surface area (Å²) in [4.78, 5) is 12.3. The van der Waals surface area contributed by atoms with Gasteiger partial charge in [-0.2, -0.15) is 0 Å². The molecule has 0 saturated heterocycles. The molecular weight excluding hydrogens is 383 g/mol. The van der Waals surface area contributed by atoms with Crippen LogP contribution in [0.2, 0.25) is 0 Å². The third-order valence-corrected chi connectivity index (χ3v) is 5.61. The fourth-order valence-electron chi connectivity index (χ4n) is 2.88. The van der Waals surface area contributed by atoms with Gasteiger partial charge in [0.1, 0.15) is 17.3 Å². The lowest BCUT2D eigenvalue weighted by Gasteiger charge is -2.09. The monoisotopic (exact) mass is 398 g/mol. The summed E-state index contributed by atoms with van der Waals surface area (Å²) >= 11 is 0. The van der Waals surface area contributed by atoms with Crippen molar-refractivity contribution in [1.29, 1.82) is 0 Å². The van der Waals surface area contributed by atoms with Crippen molar-refractivity contribution in [1.82, 2.24) is 0 Å². The maximum Gasteiger partial charge on any atom is 0.261 e. The predicted molar refractivity (Wildman–Crippen MR) is 104 cm³/mol. The van der Waals surface area contributed by atoms with Crippen LogP contribution in [0.4, 0.5) is 15.8 Å². The van der Waals surface area contributed by atoms with E-state index in [4.69, 9.17) is 4.42 Å². The number of sulfonamides is 1. The molecule has 1 aliphatic rings. The first kappa shape index (κ1) is 18.0. The molecule has 0 bridgehead atoms. The standard InChI is InChI=1S/C20H15FN2O4S/c1-12-2-7-15(27-12)10-18-17-11-16(8-9-19(17)22-20(18)24)28(25,26)23-14-5-3-13(21)4-6-14/h2-11,23H,1H3,(H,22,24)/b18-10-. The fourth-order valence-corrected chi connectivity index (χ4v) is 3.97. The molecule has 1 aliphatic heterocycles. The van der Waals surface area contributed by atoms with E-state index in [1.165, 1.54) is 30.3 Å². The average Bonchev–Trinajstić information content (AvgIpc) is 3.20. The molecule has 142 valence electrons. The summed E-state index contributed by atoms with van der Waals surface area (Å²) in [6.45, 7) is 1.79. The first-order valence-corrected chi connectivity index (χ1v) is 9.82. The lowest BCUT2D eigenvalue weighted by Crippen LogP contribution is -2.13. The number of amides is 1. The SMILES string of the molecule is Cc1ccc(/C=C2\C(=O)Nc3ccc(S(=O)(=O)Nc4ccc(F)cc4)cc32)o1. The molecule has 8 heteroatoms. The van der Waals surface area contributed by atoms with Crippen LogP contribution in [0.15, 0.2) is 63.9 Å². The summed E-state index contributed by atoms with van der Waals surface area (Å²) in [5.74, 6) is 0.386. The van der Waals surface area contributed by atoms with Gasteiger partial charge >= 0.3 is 0 Å². The highest BCUT2D eigenvalue weighted by molar-refractivity contribution is 7.92. The molecule has 1 aromatic heterocycles. The zero-order valence-corrected chi connectivity index (χ0v) is 15.5. The van der Waals surface area contributed by atoms with Gasteiger partial charge in [0.05, 0.1) is 10.5 Å². The second-order valence-corrected chi connectivity index (χ2v) is 7.96. The van der Waals surface area contributed by atoms with Gasteiger partial charge in [0, 0.05) is 16.9 Å². The van der Waals surface area contributed by atoms with E-state index in [1.54, 1.807) is 25.1 Å². The van der Waals surface area contributed by atoms with E-state index in [9.17, 15) is 17.6 Å². The van der Waals surface area contributed by atoms with E-state index in [-0.39, 0.29) is 16.5 Å². The Morgan fingerprint density at radius 1 is 1.07 bits per heavy atom. The van der Waals surface area contributed by atoms with Gasteiger partial charge < -0.3 is 9.73 Å². The Labute approximate surface area is 160 Å². The molecule has 6 nitrogen and oxygen atoms in total. The summed E-state index contributed by atoms with van der Waals surface area (Å²) in [5.41, 5.74) is 1.52. The van der Waals surface area contributed by atoms with Crippen LogP contribution < -0.4 is 10.0 Å². The highest BCUT2D eigenvalue weighted by atomic mass is 32.2. The van der Waals surface area contributed by atoms with Crippen LogP contribution in [0.1, 0.15) is 17.1 Å². The molecule has 0 aliphatic carbocycles. The van der Waals surface area contributed by atoms with Gasteiger partial charge in [-0.05, 0) is 67.6 Å². The number of aryl methyl sites for hydroxylation is 1. The van der Waals surface area contributed by atoms with Crippen molar-refractivity contribution in [3.8, 4) is 0 Å². The number of rotatable bonds is 4. The Bertz CT molecular complexity index is 1210. The summed E-state index contributed by atoms with van der Waals surface area (Å²) in [7, 11) is -3.92. The molecule has 0 spiro atoms. The lowest BCUT2D eigenvalue weighted by atomic mass is 10.1. The van der Waals surface area contributed by atoms with Crippen LogP contribution >= 0.6 is 0 Å². The minimum absolute atomic E-state index is 0.0198. The molecule has 0 radical (unpaired) electrons. The number of carbonyl (C=O) groups is 1. The molecule has 0 fully saturated rings. The van der Waals surface area contributed by atoms with E-state index in [0.29, 0.717) is 28.3 Å². The fraction of sp³-hybridized carbons (Fsp3) is 0.0500. The number of hydrogen-bond acceptors (Lipinski definition) is 4. The molecular formula is C20H15FN2O4S. The maximum atomic E-state index is 13.0. The third kappa shape index (κ3) is 3.41. The van der Waals surface area contributed by atoms with Gasteiger partial charge in [0.25, 0.3) is 15.9 Å². The largest absolute Gasteiger partial charge is 0.462 e. The normalized spacial score (nSPS) is 14.8. The number of nitrogens with one attached hydrogen (secondary N) is 2. The van der Waals surface area contributed by atoms with Gasteiger partial charge in [-0.15, -0.1) is 0 Å². The van der Waals surface area contributed by atoms with Crippen molar-refractivity contribution in [3.05, 3.63) is 77.5 Å². The second-order valence-electron chi connectivity index (χ2n) is 6.28. The number of anilines is 2. The van der Waals surface area contributed by atoms with E-state index in [2.05, 4.69) is 10.0 Å². The van der Waals surface area contributed by atoms with Crippen LogP contribution in [-0.2, 0) is 14.8 Å². The first-order chi connectivity index (χ1) is 13.3. The van der Waals surface area contributed by atoms with Crippen molar-refractivity contribution < 1.29 is 22.0 Å². The number of hydrogen-bond donors (Lipinski definition) is 2. The number of halogens is 1. The highest BCUT2D eigenvalue weighted by Gasteiger charge is 2.27. The zero-order chi connectivity index (χ0) is 19.9. The smallest absolute Gasteiger partial charge is 0.261 e. The topological polar surface area (TPSA) is 88.4 Å². The quantitative estimate of drug-likeness (QED) is 0.650. The van der Waals surface area contributed by atoms with Crippen molar-refractivity contribution in [2.24, 2.45) is 0 Å².